The van der Waals surface area contributed by atoms with E-state index in [0.29, 0.717) is 16.3 Å². The fraction of sp³-hybridized carbons (Fsp3) is 0.0769. The largest absolute Gasteiger partial charge is 0.399 e. The highest BCUT2D eigenvalue weighted by molar-refractivity contribution is 6.31. The minimum Gasteiger partial charge on any atom is -0.399 e. The van der Waals surface area contributed by atoms with E-state index in [4.69, 9.17) is 23.1 Å². The van der Waals surface area contributed by atoms with Gasteiger partial charge < -0.3 is 11.5 Å². The molecule has 1 aromatic heterocycles. The fourth-order valence-corrected chi connectivity index (χ4v) is 1.75. The van der Waals surface area contributed by atoms with E-state index in [2.05, 4.69) is 4.98 Å². The molecule has 0 fully saturated rings. The van der Waals surface area contributed by atoms with Crippen molar-refractivity contribution in [1.82, 2.24) is 4.98 Å². The number of anilines is 2. The van der Waals surface area contributed by atoms with Gasteiger partial charge in [-0.3, -0.25) is 4.79 Å². The molecular formula is C13H12ClN3O. The van der Waals surface area contributed by atoms with Gasteiger partial charge in [-0.1, -0.05) is 23.7 Å². The zero-order valence-corrected chi connectivity index (χ0v) is 10.3. The summed E-state index contributed by atoms with van der Waals surface area (Å²) in [5, 5.41) is 0.393. The Balaban J connectivity index is 2.21. The van der Waals surface area contributed by atoms with Crippen molar-refractivity contribution in [2.24, 2.45) is 0 Å². The molecule has 1 heterocycles. The monoisotopic (exact) mass is 261 g/mol. The number of halogens is 1. The van der Waals surface area contributed by atoms with Crippen LogP contribution in [0.2, 0.25) is 5.02 Å². The number of benzene rings is 1. The number of Topliss-reactive ketones (excluding diaryl/α,β-unsaturated/α-hetero) is 1. The van der Waals surface area contributed by atoms with Gasteiger partial charge in [0.2, 0.25) is 0 Å². The number of carbonyl (C=O) groups excluding carboxylic acids is 1. The molecule has 0 spiro atoms. The molecule has 1 aromatic carbocycles. The van der Waals surface area contributed by atoms with Crippen LogP contribution in [0.5, 0.6) is 0 Å². The summed E-state index contributed by atoms with van der Waals surface area (Å²) in [5.41, 5.74) is 13.1. The molecule has 5 heteroatoms. The SMILES string of the molecule is Nc1ccc(CC(=O)c2cc(Cl)cnc2N)cc1. The number of rotatable bonds is 3. The lowest BCUT2D eigenvalue weighted by atomic mass is 10.0. The summed E-state index contributed by atoms with van der Waals surface area (Å²) >= 11 is 5.80. The number of ketones is 1. The molecule has 4 nitrogen and oxygen atoms in total. The lowest BCUT2D eigenvalue weighted by Crippen LogP contribution is -2.08. The third-order valence-corrected chi connectivity index (χ3v) is 2.74. The summed E-state index contributed by atoms with van der Waals surface area (Å²) < 4.78 is 0. The Bertz CT molecular complexity index is 581. The number of nitrogens with two attached hydrogens (primary N) is 2. The first kappa shape index (κ1) is 12.4. The Kier molecular flexibility index (Phi) is 3.48. The van der Waals surface area contributed by atoms with Gasteiger partial charge in [-0.05, 0) is 23.8 Å². The summed E-state index contributed by atoms with van der Waals surface area (Å²) in [5.74, 6) is 0.0760. The molecule has 0 saturated carbocycles. The van der Waals surface area contributed by atoms with Crippen LogP contribution in [-0.2, 0) is 6.42 Å². The second-order valence-electron chi connectivity index (χ2n) is 3.93. The number of nitrogens with zero attached hydrogens (tertiary/aromatic N) is 1. The molecule has 0 unspecified atom stereocenters. The third-order valence-electron chi connectivity index (χ3n) is 2.53. The lowest BCUT2D eigenvalue weighted by molar-refractivity contribution is 0.0993. The Hall–Kier alpha value is -2.07. The van der Waals surface area contributed by atoms with E-state index < -0.39 is 0 Å². The normalized spacial score (nSPS) is 10.3. The first-order chi connectivity index (χ1) is 8.56. The predicted octanol–water partition coefficient (Wildman–Crippen LogP) is 2.32. The van der Waals surface area contributed by atoms with Crippen LogP contribution < -0.4 is 11.5 Å². The van der Waals surface area contributed by atoms with Crippen LogP contribution in [0.4, 0.5) is 11.5 Å². The Morgan fingerprint density at radius 3 is 2.56 bits per heavy atom. The molecular weight excluding hydrogens is 250 g/mol. The van der Waals surface area contributed by atoms with Crippen molar-refractivity contribution in [2.45, 2.75) is 6.42 Å². The van der Waals surface area contributed by atoms with Crippen LogP contribution in [0.15, 0.2) is 36.5 Å². The van der Waals surface area contributed by atoms with Crippen molar-refractivity contribution in [3.05, 3.63) is 52.7 Å². The molecule has 0 aliphatic carbocycles. The summed E-state index contributed by atoms with van der Waals surface area (Å²) in [6, 6.07) is 8.65. The average molecular weight is 262 g/mol. The van der Waals surface area contributed by atoms with Crippen molar-refractivity contribution >= 4 is 28.9 Å². The predicted molar refractivity (Wildman–Crippen MR) is 72.5 cm³/mol. The molecule has 92 valence electrons. The van der Waals surface area contributed by atoms with E-state index in [1.54, 1.807) is 24.3 Å². The minimum atomic E-state index is -0.118. The van der Waals surface area contributed by atoms with E-state index in [1.165, 1.54) is 12.3 Å². The maximum Gasteiger partial charge on any atom is 0.170 e. The molecule has 0 saturated heterocycles. The zero-order valence-electron chi connectivity index (χ0n) is 9.56. The molecule has 0 amide bonds. The van der Waals surface area contributed by atoms with E-state index >= 15 is 0 Å². The van der Waals surface area contributed by atoms with Crippen LogP contribution in [-0.4, -0.2) is 10.8 Å². The number of pyridine rings is 1. The number of carbonyl (C=O) groups is 1. The van der Waals surface area contributed by atoms with E-state index in [1.807, 2.05) is 0 Å². The van der Waals surface area contributed by atoms with E-state index in [-0.39, 0.29) is 18.0 Å². The van der Waals surface area contributed by atoms with Gasteiger partial charge in [0.1, 0.15) is 5.82 Å². The number of hydrogen-bond acceptors (Lipinski definition) is 4. The van der Waals surface area contributed by atoms with Gasteiger partial charge in [-0.2, -0.15) is 0 Å². The highest BCUT2D eigenvalue weighted by atomic mass is 35.5. The fourth-order valence-electron chi connectivity index (χ4n) is 1.59. The topological polar surface area (TPSA) is 82.0 Å². The lowest BCUT2D eigenvalue weighted by Gasteiger charge is -2.05. The van der Waals surface area contributed by atoms with Crippen molar-refractivity contribution in [3.63, 3.8) is 0 Å². The first-order valence-corrected chi connectivity index (χ1v) is 5.72. The molecule has 0 aliphatic heterocycles. The molecule has 2 aromatic rings. The summed E-state index contributed by atoms with van der Waals surface area (Å²) in [7, 11) is 0. The average Bonchev–Trinajstić information content (AvgIpc) is 2.35. The van der Waals surface area contributed by atoms with Gasteiger partial charge in [0.05, 0.1) is 10.6 Å². The Labute approximate surface area is 110 Å². The van der Waals surface area contributed by atoms with Crippen LogP contribution in [0.25, 0.3) is 0 Å². The van der Waals surface area contributed by atoms with Gasteiger partial charge >= 0.3 is 0 Å². The third kappa shape index (κ3) is 2.78. The molecule has 0 atom stereocenters. The van der Waals surface area contributed by atoms with E-state index in [9.17, 15) is 4.79 Å². The molecule has 2 rings (SSSR count). The Morgan fingerprint density at radius 1 is 1.22 bits per heavy atom. The number of nitrogen functional groups attached to an aromatic ring is 2. The van der Waals surface area contributed by atoms with Crippen LogP contribution >= 0.6 is 11.6 Å². The first-order valence-electron chi connectivity index (χ1n) is 5.35. The van der Waals surface area contributed by atoms with Crippen molar-refractivity contribution < 1.29 is 4.79 Å². The molecule has 0 radical (unpaired) electrons. The van der Waals surface area contributed by atoms with Crippen LogP contribution in [0.1, 0.15) is 15.9 Å². The van der Waals surface area contributed by atoms with Crippen LogP contribution in [0, 0.1) is 0 Å². The molecule has 4 N–H and O–H groups in total. The zero-order chi connectivity index (χ0) is 13.1. The molecule has 18 heavy (non-hydrogen) atoms. The summed E-state index contributed by atoms with van der Waals surface area (Å²) in [4.78, 5) is 15.9. The smallest absolute Gasteiger partial charge is 0.170 e. The molecule has 0 aliphatic rings. The second kappa shape index (κ2) is 5.06. The van der Waals surface area contributed by atoms with Gasteiger partial charge in [0.15, 0.2) is 5.78 Å². The van der Waals surface area contributed by atoms with E-state index in [0.717, 1.165) is 5.56 Å². The van der Waals surface area contributed by atoms with Crippen molar-refractivity contribution in [3.8, 4) is 0 Å². The summed E-state index contributed by atoms with van der Waals surface area (Å²) in [6.45, 7) is 0. The number of hydrogen-bond donors (Lipinski definition) is 2. The minimum absolute atomic E-state index is 0.118. The standard InChI is InChI=1S/C13H12ClN3O/c14-9-6-11(13(16)17-7-9)12(18)5-8-1-3-10(15)4-2-8/h1-4,6-7H,5,15H2,(H2,16,17). The van der Waals surface area contributed by atoms with Gasteiger partial charge in [0, 0.05) is 18.3 Å². The van der Waals surface area contributed by atoms with Gasteiger partial charge in [-0.25, -0.2) is 4.98 Å². The summed E-state index contributed by atoms with van der Waals surface area (Å²) in [6.07, 6.45) is 1.66. The van der Waals surface area contributed by atoms with Crippen molar-refractivity contribution in [1.29, 1.82) is 0 Å². The van der Waals surface area contributed by atoms with Gasteiger partial charge in [0.25, 0.3) is 0 Å². The van der Waals surface area contributed by atoms with Gasteiger partial charge in [-0.15, -0.1) is 0 Å². The highest BCUT2D eigenvalue weighted by Gasteiger charge is 2.12. The maximum absolute atomic E-state index is 12.1. The quantitative estimate of drug-likeness (QED) is 0.656. The Morgan fingerprint density at radius 2 is 1.89 bits per heavy atom. The van der Waals surface area contributed by atoms with Crippen LogP contribution in [0.3, 0.4) is 0 Å². The highest BCUT2D eigenvalue weighted by Crippen LogP contribution is 2.17. The maximum atomic E-state index is 12.1. The number of aromatic nitrogens is 1. The van der Waals surface area contributed by atoms with Crippen molar-refractivity contribution in [2.75, 3.05) is 11.5 Å². The second-order valence-corrected chi connectivity index (χ2v) is 4.36. The molecule has 0 bridgehead atoms.